The molecule has 0 spiro atoms. The van der Waals surface area contributed by atoms with Gasteiger partial charge in [-0.05, 0) is 25.0 Å². The maximum atomic E-state index is 7.25. The van der Waals surface area contributed by atoms with Crippen molar-refractivity contribution in [3.05, 3.63) is 34.9 Å². The van der Waals surface area contributed by atoms with Gasteiger partial charge in [0.2, 0.25) is 0 Å². The lowest BCUT2D eigenvalue weighted by Crippen LogP contribution is -2.12. The van der Waals surface area contributed by atoms with Crippen molar-refractivity contribution in [2.24, 2.45) is 5.73 Å². The van der Waals surface area contributed by atoms with Crippen molar-refractivity contribution in [2.75, 3.05) is 0 Å². The fourth-order valence-corrected chi connectivity index (χ4v) is 1.04. The molecule has 0 atom stereocenters. The molecule has 0 aliphatic heterocycles. The van der Waals surface area contributed by atoms with Crippen LogP contribution in [0.25, 0.3) is 0 Å². The summed E-state index contributed by atoms with van der Waals surface area (Å²) in [6.07, 6.45) is 0. The Kier molecular flexibility index (Phi) is 6.63. The molecular weight excluding hydrogens is 207 g/mol. The number of nitrogens with two attached hydrogens (primary N) is 1. The average molecular weight is 221 g/mol. The second-order valence-electron chi connectivity index (χ2n) is 2.66. The average Bonchev–Trinajstić information content (AvgIpc) is 1.94. The van der Waals surface area contributed by atoms with Crippen molar-refractivity contribution < 1.29 is 0 Å². The first-order valence-electron chi connectivity index (χ1n) is 3.53. The highest BCUT2D eigenvalue weighted by molar-refractivity contribution is 5.96. The Bertz CT molecular complexity index is 298. The number of rotatable bonds is 1. The Balaban J connectivity index is 0. The SMILES string of the molecule is Cc1cccc(C(=N)N)c1C.Cl.Cl. The maximum Gasteiger partial charge on any atom is 0.123 e. The van der Waals surface area contributed by atoms with Gasteiger partial charge in [0, 0.05) is 5.56 Å². The summed E-state index contributed by atoms with van der Waals surface area (Å²) in [7, 11) is 0. The summed E-state index contributed by atoms with van der Waals surface area (Å²) in [6.45, 7) is 3.99. The standard InChI is InChI=1S/C9H12N2.2ClH/c1-6-4-3-5-8(7(6)2)9(10)11;;/h3-5H,1-2H3,(H3,10,11);2*1H. The largest absolute Gasteiger partial charge is 0.384 e. The Morgan fingerprint density at radius 3 is 2.15 bits per heavy atom. The van der Waals surface area contributed by atoms with Crippen LogP contribution in [-0.4, -0.2) is 5.84 Å². The minimum absolute atomic E-state index is 0. The summed E-state index contributed by atoms with van der Waals surface area (Å²) in [6, 6.07) is 5.80. The third-order valence-electron chi connectivity index (χ3n) is 1.89. The molecule has 0 saturated heterocycles. The van der Waals surface area contributed by atoms with Gasteiger partial charge in [0.05, 0.1) is 0 Å². The van der Waals surface area contributed by atoms with Gasteiger partial charge in [0.1, 0.15) is 5.84 Å². The molecule has 13 heavy (non-hydrogen) atoms. The van der Waals surface area contributed by atoms with E-state index in [9.17, 15) is 0 Å². The fraction of sp³-hybridized carbons (Fsp3) is 0.222. The number of hydrogen-bond donors (Lipinski definition) is 2. The van der Waals surface area contributed by atoms with Gasteiger partial charge in [0.15, 0.2) is 0 Å². The molecule has 0 aromatic heterocycles. The fourth-order valence-electron chi connectivity index (χ4n) is 1.04. The van der Waals surface area contributed by atoms with Crippen molar-refractivity contribution in [2.45, 2.75) is 13.8 Å². The Morgan fingerprint density at radius 1 is 1.23 bits per heavy atom. The highest BCUT2D eigenvalue weighted by atomic mass is 35.5. The molecule has 0 bridgehead atoms. The number of halogens is 2. The summed E-state index contributed by atoms with van der Waals surface area (Å²) >= 11 is 0. The van der Waals surface area contributed by atoms with Crippen molar-refractivity contribution >= 4 is 30.6 Å². The zero-order valence-corrected chi connectivity index (χ0v) is 9.26. The van der Waals surface area contributed by atoms with Crippen LogP contribution in [0, 0.1) is 19.3 Å². The highest BCUT2D eigenvalue weighted by Gasteiger charge is 2.01. The van der Waals surface area contributed by atoms with Crippen LogP contribution in [0.4, 0.5) is 0 Å². The number of nitrogen functional groups attached to an aromatic ring is 1. The monoisotopic (exact) mass is 220 g/mol. The lowest BCUT2D eigenvalue weighted by atomic mass is 10.0. The predicted octanol–water partition coefficient (Wildman–Crippen LogP) is 2.43. The van der Waals surface area contributed by atoms with Crippen LogP contribution in [0.2, 0.25) is 0 Å². The van der Waals surface area contributed by atoms with E-state index >= 15 is 0 Å². The third-order valence-corrected chi connectivity index (χ3v) is 1.89. The van der Waals surface area contributed by atoms with Crippen molar-refractivity contribution in [3.8, 4) is 0 Å². The van der Waals surface area contributed by atoms with E-state index in [4.69, 9.17) is 11.1 Å². The topological polar surface area (TPSA) is 49.9 Å². The summed E-state index contributed by atoms with van der Waals surface area (Å²) < 4.78 is 0. The molecule has 2 nitrogen and oxygen atoms in total. The van der Waals surface area contributed by atoms with E-state index in [1.165, 1.54) is 5.56 Å². The molecule has 3 N–H and O–H groups in total. The summed E-state index contributed by atoms with van der Waals surface area (Å²) in [5.41, 5.74) is 8.48. The van der Waals surface area contributed by atoms with Gasteiger partial charge in [-0.25, -0.2) is 0 Å². The molecule has 4 heteroatoms. The summed E-state index contributed by atoms with van der Waals surface area (Å²) in [4.78, 5) is 0. The summed E-state index contributed by atoms with van der Waals surface area (Å²) in [5.74, 6) is 0.145. The van der Waals surface area contributed by atoms with Gasteiger partial charge in [-0.3, -0.25) is 5.41 Å². The van der Waals surface area contributed by atoms with E-state index in [1.807, 2.05) is 32.0 Å². The molecule has 1 rings (SSSR count). The van der Waals surface area contributed by atoms with Crippen LogP contribution < -0.4 is 5.73 Å². The van der Waals surface area contributed by atoms with Crippen LogP contribution in [-0.2, 0) is 0 Å². The zero-order chi connectivity index (χ0) is 8.43. The third kappa shape index (κ3) is 3.25. The minimum Gasteiger partial charge on any atom is -0.384 e. The molecule has 0 saturated carbocycles. The quantitative estimate of drug-likeness (QED) is 0.555. The molecule has 0 fully saturated rings. The van der Waals surface area contributed by atoms with Crippen LogP contribution in [0.15, 0.2) is 18.2 Å². The molecule has 0 radical (unpaired) electrons. The maximum absolute atomic E-state index is 7.25. The Morgan fingerprint density at radius 2 is 1.77 bits per heavy atom. The molecule has 0 amide bonds. The second kappa shape index (κ2) is 5.84. The van der Waals surface area contributed by atoms with E-state index in [2.05, 4.69) is 0 Å². The first-order valence-corrected chi connectivity index (χ1v) is 3.53. The molecule has 1 aromatic carbocycles. The zero-order valence-electron chi connectivity index (χ0n) is 7.63. The molecule has 0 aliphatic rings. The van der Waals surface area contributed by atoms with Gasteiger partial charge in [-0.2, -0.15) is 0 Å². The normalized spacial score (nSPS) is 8.15. The van der Waals surface area contributed by atoms with Crippen LogP contribution >= 0.6 is 24.8 Å². The van der Waals surface area contributed by atoms with Crippen LogP contribution in [0.3, 0.4) is 0 Å². The van der Waals surface area contributed by atoms with E-state index in [-0.39, 0.29) is 30.6 Å². The Labute approximate surface area is 90.9 Å². The van der Waals surface area contributed by atoms with E-state index in [0.717, 1.165) is 11.1 Å². The van der Waals surface area contributed by atoms with Gasteiger partial charge in [0.25, 0.3) is 0 Å². The van der Waals surface area contributed by atoms with E-state index in [1.54, 1.807) is 0 Å². The Hall–Kier alpha value is -0.730. The van der Waals surface area contributed by atoms with E-state index < -0.39 is 0 Å². The first kappa shape index (κ1) is 14.8. The van der Waals surface area contributed by atoms with Crippen LogP contribution in [0.5, 0.6) is 0 Å². The highest BCUT2D eigenvalue weighted by Crippen LogP contribution is 2.11. The second-order valence-corrected chi connectivity index (χ2v) is 2.66. The summed E-state index contributed by atoms with van der Waals surface area (Å²) in [5, 5.41) is 7.25. The van der Waals surface area contributed by atoms with Gasteiger partial charge in [-0.15, -0.1) is 24.8 Å². The molecule has 1 aromatic rings. The van der Waals surface area contributed by atoms with Gasteiger partial charge < -0.3 is 5.73 Å². The van der Waals surface area contributed by atoms with Crippen molar-refractivity contribution in [1.82, 2.24) is 0 Å². The minimum atomic E-state index is 0. The smallest absolute Gasteiger partial charge is 0.123 e. The predicted molar refractivity (Wildman–Crippen MR) is 61.4 cm³/mol. The van der Waals surface area contributed by atoms with Gasteiger partial charge >= 0.3 is 0 Å². The number of aryl methyl sites for hydroxylation is 1. The van der Waals surface area contributed by atoms with E-state index in [0.29, 0.717) is 0 Å². The first-order chi connectivity index (χ1) is 5.13. The van der Waals surface area contributed by atoms with Crippen molar-refractivity contribution in [3.63, 3.8) is 0 Å². The molecule has 0 unspecified atom stereocenters. The number of hydrogen-bond acceptors (Lipinski definition) is 1. The van der Waals surface area contributed by atoms with Crippen LogP contribution in [0.1, 0.15) is 16.7 Å². The lowest BCUT2D eigenvalue weighted by Gasteiger charge is -2.05. The number of benzene rings is 1. The molecule has 74 valence electrons. The lowest BCUT2D eigenvalue weighted by molar-refractivity contribution is 1.30. The van der Waals surface area contributed by atoms with Crippen molar-refractivity contribution in [1.29, 1.82) is 5.41 Å². The van der Waals surface area contributed by atoms with Gasteiger partial charge in [-0.1, -0.05) is 18.2 Å². The molecule has 0 heterocycles. The molecule has 0 aliphatic carbocycles. The number of amidine groups is 1. The number of nitrogens with one attached hydrogen (secondary N) is 1. The molecular formula is C9H14Cl2N2.